The first kappa shape index (κ1) is 41.7. The number of carbonyl (C=O) groups is 2. The standard InChI is InChI=1S/C21H21BrCl2FN5O4.C12H21N3O2/c1-21(2,3)34-20(31)29-7-5-10(8-11(29)4-6-26)27-17-12-9-13(23)14(22)15(25)16(12)28-19(24)18(17)30(32)33;1-12(2,3)17-11(16)15-7-5-9(14)8-10(15)4-6-13/h9-11H,4-5,7-8H2,1-3H3,(H,27,28);9-10H,4-5,7-8,14H2,1-3H3/t10-,11+;9-,10+/m00/s1. The molecule has 4 rings (SSSR count). The van der Waals surface area contributed by atoms with E-state index in [2.05, 4.69) is 38.4 Å². The summed E-state index contributed by atoms with van der Waals surface area (Å²) < 4.78 is 25.6. The highest BCUT2D eigenvalue weighted by molar-refractivity contribution is 9.10. The average molecular weight is 817 g/mol. The summed E-state index contributed by atoms with van der Waals surface area (Å²) in [6, 6.07) is 4.63. The van der Waals surface area contributed by atoms with E-state index >= 15 is 0 Å². The van der Waals surface area contributed by atoms with Gasteiger partial charge >= 0.3 is 17.9 Å². The van der Waals surface area contributed by atoms with Crippen LogP contribution < -0.4 is 11.1 Å². The van der Waals surface area contributed by atoms with Gasteiger partial charge in [-0.25, -0.2) is 19.0 Å². The number of nitrogens with two attached hydrogens (primary N) is 1. The highest BCUT2D eigenvalue weighted by Crippen LogP contribution is 2.43. The second-order valence-electron chi connectivity index (χ2n) is 14.3. The molecular weight excluding hydrogens is 774 g/mol. The number of piperidine rings is 2. The van der Waals surface area contributed by atoms with Crippen LogP contribution in [0.15, 0.2) is 10.5 Å². The van der Waals surface area contributed by atoms with Crippen LogP contribution in [0, 0.1) is 38.6 Å². The molecule has 1 aromatic heterocycles. The van der Waals surface area contributed by atoms with Crippen molar-refractivity contribution in [1.82, 2.24) is 14.8 Å². The van der Waals surface area contributed by atoms with Crippen LogP contribution >= 0.6 is 39.1 Å². The molecule has 3 N–H and O–H groups in total. The van der Waals surface area contributed by atoms with Crippen molar-refractivity contribution in [3.05, 3.63) is 36.6 Å². The summed E-state index contributed by atoms with van der Waals surface area (Å²) >= 11 is 15.2. The Hall–Kier alpha value is -3.70. The third-order valence-corrected chi connectivity index (χ3v) is 9.53. The summed E-state index contributed by atoms with van der Waals surface area (Å²) in [6.45, 7) is 11.6. The number of hydrogen-bond donors (Lipinski definition) is 2. The third-order valence-electron chi connectivity index (χ3n) is 7.96. The first-order valence-corrected chi connectivity index (χ1v) is 17.8. The summed E-state index contributed by atoms with van der Waals surface area (Å²) in [5.74, 6) is -0.801. The molecule has 0 unspecified atom stereocenters. The van der Waals surface area contributed by atoms with Crippen LogP contribution in [0.25, 0.3) is 10.9 Å². The Morgan fingerprint density at radius 1 is 1.06 bits per heavy atom. The number of benzene rings is 1. The van der Waals surface area contributed by atoms with Gasteiger partial charge in [0.1, 0.15) is 22.4 Å². The van der Waals surface area contributed by atoms with Gasteiger partial charge in [-0.1, -0.05) is 23.2 Å². The number of halogens is 4. The van der Waals surface area contributed by atoms with E-state index in [1.165, 1.54) is 11.0 Å². The van der Waals surface area contributed by atoms with Gasteiger partial charge in [0.2, 0.25) is 5.15 Å². The van der Waals surface area contributed by atoms with Crippen LogP contribution in [-0.2, 0) is 9.47 Å². The van der Waals surface area contributed by atoms with Gasteiger partial charge in [-0.15, -0.1) is 0 Å². The molecule has 2 saturated heterocycles. The van der Waals surface area contributed by atoms with Crippen LogP contribution in [0.5, 0.6) is 0 Å². The van der Waals surface area contributed by atoms with Crippen molar-refractivity contribution >= 4 is 73.6 Å². The topological polar surface area (TPSA) is 201 Å². The number of likely N-dealkylation sites (tertiary alicyclic amines) is 2. The lowest BCUT2D eigenvalue weighted by Crippen LogP contribution is -2.50. The lowest BCUT2D eigenvalue weighted by molar-refractivity contribution is -0.384. The van der Waals surface area contributed by atoms with Gasteiger partial charge in [-0.05, 0) is 89.2 Å². The number of nitriles is 2. The molecule has 51 heavy (non-hydrogen) atoms. The van der Waals surface area contributed by atoms with Crippen LogP contribution in [0.1, 0.15) is 80.1 Å². The molecule has 0 radical (unpaired) electrons. The number of nitrogens with one attached hydrogen (secondary N) is 1. The Balaban J connectivity index is 0.000000347. The van der Waals surface area contributed by atoms with Crippen LogP contribution in [0.4, 0.5) is 25.4 Å². The van der Waals surface area contributed by atoms with Crippen LogP contribution in [-0.4, -0.2) is 80.4 Å². The Morgan fingerprint density at radius 3 is 2.06 bits per heavy atom. The molecule has 4 atom stereocenters. The minimum absolute atomic E-state index is 0.00794. The Kier molecular flexibility index (Phi) is 14.1. The molecule has 0 aliphatic carbocycles. The summed E-state index contributed by atoms with van der Waals surface area (Å²) in [5.41, 5.74) is 3.92. The fraction of sp³-hybridized carbons (Fsp3) is 0.606. The smallest absolute Gasteiger partial charge is 0.410 e. The molecule has 2 fully saturated rings. The molecule has 0 saturated carbocycles. The normalized spacial score (nSPS) is 20.7. The highest BCUT2D eigenvalue weighted by Gasteiger charge is 2.37. The van der Waals surface area contributed by atoms with E-state index < -0.39 is 44.9 Å². The van der Waals surface area contributed by atoms with Gasteiger partial charge < -0.3 is 30.3 Å². The molecule has 18 heteroatoms. The van der Waals surface area contributed by atoms with Crippen molar-refractivity contribution < 1.29 is 28.4 Å². The maximum atomic E-state index is 14.8. The minimum Gasteiger partial charge on any atom is -0.444 e. The van der Waals surface area contributed by atoms with E-state index in [-0.39, 0.29) is 63.3 Å². The minimum atomic E-state index is -0.801. The van der Waals surface area contributed by atoms with Crippen molar-refractivity contribution in [2.75, 3.05) is 18.4 Å². The number of ether oxygens (including phenoxy) is 2. The molecule has 2 aromatic rings. The van der Waals surface area contributed by atoms with Crippen molar-refractivity contribution in [2.24, 2.45) is 5.73 Å². The van der Waals surface area contributed by atoms with Crippen LogP contribution in [0.2, 0.25) is 10.2 Å². The van der Waals surface area contributed by atoms with Gasteiger partial charge in [-0.2, -0.15) is 10.5 Å². The second kappa shape index (κ2) is 17.2. The van der Waals surface area contributed by atoms with E-state index in [4.69, 9.17) is 43.7 Å². The van der Waals surface area contributed by atoms with Gasteiger partial charge in [0.25, 0.3) is 0 Å². The zero-order valence-electron chi connectivity index (χ0n) is 29.3. The first-order chi connectivity index (χ1) is 23.7. The maximum absolute atomic E-state index is 14.8. The molecule has 278 valence electrons. The van der Waals surface area contributed by atoms with E-state index in [9.17, 15) is 29.4 Å². The van der Waals surface area contributed by atoms with Crippen molar-refractivity contribution in [3.63, 3.8) is 0 Å². The van der Waals surface area contributed by atoms with Gasteiger partial charge in [-0.3, -0.25) is 10.1 Å². The molecule has 2 aliphatic rings. The van der Waals surface area contributed by atoms with E-state index in [0.29, 0.717) is 32.2 Å². The van der Waals surface area contributed by atoms with E-state index in [1.54, 1.807) is 25.7 Å². The summed E-state index contributed by atoms with van der Waals surface area (Å²) in [6.07, 6.45) is 1.62. The zero-order valence-corrected chi connectivity index (χ0v) is 32.4. The Morgan fingerprint density at radius 2 is 1.57 bits per heavy atom. The van der Waals surface area contributed by atoms with Crippen molar-refractivity contribution in [1.29, 1.82) is 10.5 Å². The van der Waals surface area contributed by atoms with Gasteiger partial charge in [0.05, 0.1) is 39.4 Å². The number of rotatable bonds is 5. The number of anilines is 1. The largest absolute Gasteiger partial charge is 0.444 e. The molecule has 2 aliphatic heterocycles. The van der Waals surface area contributed by atoms with E-state index in [0.717, 1.165) is 6.42 Å². The van der Waals surface area contributed by atoms with Gasteiger partial charge in [0, 0.05) is 42.6 Å². The highest BCUT2D eigenvalue weighted by atomic mass is 79.9. The monoisotopic (exact) mass is 814 g/mol. The SMILES string of the molecule is CC(C)(C)OC(=O)N1CC[C@H](N)C[C@H]1CC#N.CC(C)(C)OC(=O)N1CC[C@H](Nc2c([N+](=O)[O-])c(Cl)nc3c(F)c(Br)c(Cl)cc23)C[C@H]1CC#N. The molecule has 0 bridgehead atoms. The predicted molar refractivity (Wildman–Crippen MR) is 194 cm³/mol. The number of aromatic nitrogens is 1. The molecule has 14 nitrogen and oxygen atoms in total. The predicted octanol–water partition coefficient (Wildman–Crippen LogP) is 8.07. The molecule has 0 spiro atoms. The fourth-order valence-electron chi connectivity index (χ4n) is 5.77. The van der Waals surface area contributed by atoms with Crippen molar-refractivity contribution in [3.8, 4) is 12.1 Å². The summed E-state index contributed by atoms with van der Waals surface area (Å²) in [5, 5.41) is 32.6. The number of nitrogens with zero attached hydrogens (tertiary/aromatic N) is 6. The summed E-state index contributed by atoms with van der Waals surface area (Å²) in [4.78, 5) is 42.7. The van der Waals surface area contributed by atoms with E-state index in [1.807, 2.05) is 20.8 Å². The second-order valence-corrected chi connectivity index (χ2v) is 15.9. The lowest BCUT2D eigenvalue weighted by Gasteiger charge is -2.39. The Labute approximate surface area is 314 Å². The summed E-state index contributed by atoms with van der Waals surface area (Å²) in [7, 11) is 0. The number of carbonyl (C=O) groups excluding carboxylic acids is 2. The molecular formula is C33H42BrCl2FN8O6. The van der Waals surface area contributed by atoms with Gasteiger partial charge in [0.15, 0.2) is 5.82 Å². The molecule has 1 aromatic carbocycles. The quantitative estimate of drug-likeness (QED) is 0.128. The number of pyridine rings is 1. The average Bonchev–Trinajstić information content (AvgIpc) is 2.99. The van der Waals surface area contributed by atoms with Crippen LogP contribution in [0.3, 0.4) is 0 Å². The number of fused-ring (bicyclic) bond motifs is 1. The molecule has 3 heterocycles. The fourth-order valence-corrected chi connectivity index (χ4v) is 6.51. The van der Waals surface area contributed by atoms with Crippen molar-refractivity contribution in [2.45, 2.75) is 115 Å². The Bertz CT molecular complexity index is 1720. The third kappa shape index (κ3) is 11.1. The number of nitro groups is 1. The lowest BCUT2D eigenvalue weighted by atomic mass is 9.95. The maximum Gasteiger partial charge on any atom is 0.410 e. The first-order valence-electron chi connectivity index (χ1n) is 16.2. The number of amides is 2. The molecule has 2 amide bonds. The number of hydrogen-bond acceptors (Lipinski definition) is 11. The zero-order chi connectivity index (χ0) is 38.4.